The highest BCUT2D eigenvalue weighted by Crippen LogP contribution is 2.28. The molecule has 1 aliphatic rings. The molecule has 8 nitrogen and oxygen atoms in total. The number of phenolic OH excluding ortho intramolecular Hbond substituents is 1. The van der Waals surface area contributed by atoms with Gasteiger partial charge in [0.05, 0.1) is 0 Å². The Morgan fingerprint density at radius 2 is 1.73 bits per heavy atom. The molecular formula is C25H39N3O5. The summed E-state index contributed by atoms with van der Waals surface area (Å²) in [5.41, 5.74) is -0.191. The number of aromatic hydroxyl groups is 1. The summed E-state index contributed by atoms with van der Waals surface area (Å²) in [5, 5.41) is 15.7. The van der Waals surface area contributed by atoms with Crippen LogP contribution < -0.4 is 10.6 Å². The zero-order valence-electron chi connectivity index (χ0n) is 20.7. The molecule has 2 atom stereocenters. The van der Waals surface area contributed by atoms with Crippen molar-refractivity contribution >= 4 is 17.9 Å². The van der Waals surface area contributed by atoms with Crippen molar-refractivity contribution in [2.24, 2.45) is 0 Å². The first kappa shape index (κ1) is 26.5. The lowest BCUT2D eigenvalue weighted by Gasteiger charge is -2.37. The van der Waals surface area contributed by atoms with Crippen LogP contribution in [-0.2, 0) is 14.3 Å². The molecule has 33 heavy (non-hydrogen) atoms. The van der Waals surface area contributed by atoms with Crippen molar-refractivity contribution in [1.82, 2.24) is 15.5 Å². The van der Waals surface area contributed by atoms with E-state index in [1.165, 1.54) is 17.0 Å². The summed E-state index contributed by atoms with van der Waals surface area (Å²) in [6.07, 6.45) is 4.40. The Hall–Kier alpha value is -2.77. The number of nitrogens with zero attached hydrogens (tertiary/aromatic N) is 1. The van der Waals surface area contributed by atoms with Gasteiger partial charge in [-0.15, -0.1) is 0 Å². The van der Waals surface area contributed by atoms with Gasteiger partial charge in [-0.1, -0.05) is 31.4 Å². The first-order valence-electron chi connectivity index (χ1n) is 11.8. The Balaban J connectivity index is 2.32. The monoisotopic (exact) mass is 461 g/mol. The molecule has 0 heterocycles. The highest BCUT2D eigenvalue weighted by atomic mass is 16.6. The van der Waals surface area contributed by atoms with Gasteiger partial charge < -0.3 is 25.4 Å². The zero-order valence-corrected chi connectivity index (χ0v) is 20.7. The molecule has 0 aromatic heterocycles. The van der Waals surface area contributed by atoms with Gasteiger partial charge in [0.1, 0.15) is 23.4 Å². The van der Waals surface area contributed by atoms with Crippen molar-refractivity contribution in [2.75, 3.05) is 0 Å². The van der Waals surface area contributed by atoms with E-state index in [1.807, 2.05) is 13.8 Å². The number of benzene rings is 1. The minimum Gasteiger partial charge on any atom is -0.508 e. The van der Waals surface area contributed by atoms with Crippen molar-refractivity contribution in [3.05, 3.63) is 29.8 Å². The second-order valence-corrected chi connectivity index (χ2v) is 10.0. The van der Waals surface area contributed by atoms with Crippen LogP contribution in [0.1, 0.15) is 85.3 Å². The minimum absolute atomic E-state index is 0.0130. The van der Waals surface area contributed by atoms with Gasteiger partial charge in [0.25, 0.3) is 0 Å². The second kappa shape index (κ2) is 11.4. The van der Waals surface area contributed by atoms with E-state index in [0.29, 0.717) is 5.56 Å². The molecule has 1 aliphatic carbocycles. The van der Waals surface area contributed by atoms with Gasteiger partial charge in [-0.2, -0.15) is 0 Å². The van der Waals surface area contributed by atoms with Crippen LogP contribution in [-0.4, -0.2) is 51.6 Å². The van der Waals surface area contributed by atoms with Crippen LogP contribution in [0.2, 0.25) is 0 Å². The van der Waals surface area contributed by atoms with Crippen LogP contribution in [0, 0.1) is 0 Å². The maximum absolute atomic E-state index is 13.5. The number of phenols is 1. The molecule has 2 unspecified atom stereocenters. The molecule has 1 fully saturated rings. The van der Waals surface area contributed by atoms with Gasteiger partial charge >= 0.3 is 6.09 Å². The van der Waals surface area contributed by atoms with Gasteiger partial charge in [-0.25, -0.2) is 4.79 Å². The molecule has 1 aromatic rings. The SMILES string of the molecule is CC(NC(=O)OC(C)(C)C)C(=O)N(C(C)C)C(C(=O)NC1CCCCC1)c1cccc(O)c1. The minimum atomic E-state index is -0.950. The third-order valence-electron chi connectivity index (χ3n) is 5.58. The van der Waals surface area contributed by atoms with Crippen LogP contribution in [0.25, 0.3) is 0 Å². The Morgan fingerprint density at radius 1 is 1.09 bits per heavy atom. The second-order valence-electron chi connectivity index (χ2n) is 10.0. The Kier molecular flexibility index (Phi) is 9.14. The molecule has 2 rings (SSSR count). The highest BCUT2D eigenvalue weighted by Gasteiger charge is 2.37. The van der Waals surface area contributed by atoms with E-state index in [4.69, 9.17) is 4.74 Å². The van der Waals surface area contributed by atoms with Crippen molar-refractivity contribution in [3.63, 3.8) is 0 Å². The summed E-state index contributed by atoms with van der Waals surface area (Å²) >= 11 is 0. The third kappa shape index (κ3) is 7.94. The number of hydrogen-bond acceptors (Lipinski definition) is 5. The van der Waals surface area contributed by atoms with Crippen molar-refractivity contribution in [1.29, 1.82) is 0 Å². The van der Waals surface area contributed by atoms with Crippen LogP contribution in [0.15, 0.2) is 24.3 Å². The van der Waals surface area contributed by atoms with E-state index >= 15 is 0 Å². The topological polar surface area (TPSA) is 108 Å². The number of ether oxygens (including phenoxy) is 1. The van der Waals surface area contributed by atoms with Gasteiger partial charge in [0.2, 0.25) is 11.8 Å². The molecule has 0 spiro atoms. The molecule has 3 amide bonds. The van der Waals surface area contributed by atoms with Gasteiger partial charge in [0, 0.05) is 12.1 Å². The normalized spacial score (nSPS) is 16.6. The molecule has 3 N–H and O–H groups in total. The van der Waals surface area contributed by atoms with Crippen LogP contribution >= 0.6 is 0 Å². The zero-order chi connectivity index (χ0) is 24.8. The molecule has 0 radical (unpaired) electrons. The Bertz CT molecular complexity index is 828. The maximum atomic E-state index is 13.5. The van der Waals surface area contributed by atoms with Gasteiger partial charge in [-0.3, -0.25) is 9.59 Å². The lowest BCUT2D eigenvalue weighted by atomic mass is 9.94. The number of carbonyl (C=O) groups is 3. The lowest BCUT2D eigenvalue weighted by molar-refractivity contribution is -0.144. The fraction of sp³-hybridized carbons (Fsp3) is 0.640. The molecule has 0 bridgehead atoms. The average molecular weight is 462 g/mol. The van der Waals surface area contributed by atoms with Gasteiger partial charge in [-0.05, 0) is 72.1 Å². The van der Waals surface area contributed by atoms with E-state index in [2.05, 4.69) is 10.6 Å². The summed E-state index contributed by atoms with van der Waals surface area (Å²) < 4.78 is 5.27. The molecule has 1 saturated carbocycles. The largest absolute Gasteiger partial charge is 0.508 e. The maximum Gasteiger partial charge on any atom is 0.408 e. The Morgan fingerprint density at radius 3 is 2.27 bits per heavy atom. The summed E-state index contributed by atoms with van der Waals surface area (Å²) in [7, 11) is 0. The van der Waals surface area contributed by atoms with E-state index in [1.54, 1.807) is 39.8 Å². The fourth-order valence-corrected chi connectivity index (χ4v) is 4.11. The molecular weight excluding hydrogens is 422 g/mol. The molecule has 8 heteroatoms. The van der Waals surface area contributed by atoms with E-state index in [-0.39, 0.29) is 23.7 Å². The number of rotatable bonds is 7. The number of carbonyl (C=O) groups excluding carboxylic acids is 3. The van der Waals surface area contributed by atoms with Crippen LogP contribution in [0.3, 0.4) is 0 Å². The fourth-order valence-electron chi connectivity index (χ4n) is 4.11. The van der Waals surface area contributed by atoms with Crippen LogP contribution in [0.4, 0.5) is 4.79 Å². The number of hydrogen-bond donors (Lipinski definition) is 3. The standard InChI is InChI=1S/C25H39N3O5/c1-16(2)28(23(31)17(3)26-24(32)33-25(4,5)6)21(18-11-10-14-20(29)15-18)22(30)27-19-12-8-7-9-13-19/h10-11,14-17,19,21,29H,7-9,12-13H2,1-6H3,(H,26,32)(H,27,30). The number of amides is 3. The highest BCUT2D eigenvalue weighted by molar-refractivity contribution is 5.92. The first-order chi connectivity index (χ1) is 15.4. The van der Waals surface area contributed by atoms with E-state index < -0.39 is 29.7 Å². The molecule has 184 valence electrons. The predicted octanol–water partition coefficient (Wildman–Crippen LogP) is 4.03. The van der Waals surface area contributed by atoms with Crippen molar-refractivity contribution in [2.45, 2.75) is 103 Å². The lowest BCUT2D eigenvalue weighted by Crippen LogP contribution is -2.55. The first-order valence-corrected chi connectivity index (χ1v) is 11.8. The van der Waals surface area contributed by atoms with Crippen molar-refractivity contribution in [3.8, 4) is 5.75 Å². The molecule has 1 aromatic carbocycles. The summed E-state index contributed by atoms with van der Waals surface area (Å²) in [6, 6.07) is 4.25. The van der Waals surface area contributed by atoms with Crippen molar-refractivity contribution < 1.29 is 24.2 Å². The van der Waals surface area contributed by atoms with E-state index in [9.17, 15) is 19.5 Å². The third-order valence-corrected chi connectivity index (χ3v) is 5.58. The quantitative estimate of drug-likeness (QED) is 0.568. The molecule has 0 saturated heterocycles. The van der Waals surface area contributed by atoms with Crippen LogP contribution in [0.5, 0.6) is 5.75 Å². The number of alkyl carbamates (subject to hydrolysis) is 1. The smallest absolute Gasteiger partial charge is 0.408 e. The summed E-state index contributed by atoms with van der Waals surface area (Å²) in [4.78, 5) is 40.7. The predicted molar refractivity (Wildman–Crippen MR) is 127 cm³/mol. The Labute approximate surface area is 197 Å². The number of nitrogens with one attached hydrogen (secondary N) is 2. The molecule has 0 aliphatic heterocycles. The van der Waals surface area contributed by atoms with E-state index in [0.717, 1.165) is 32.1 Å². The summed E-state index contributed by atoms with van der Waals surface area (Å²) in [6.45, 7) is 10.4. The van der Waals surface area contributed by atoms with Gasteiger partial charge in [0.15, 0.2) is 0 Å². The summed E-state index contributed by atoms with van der Waals surface area (Å²) in [5.74, 6) is -0.693. The average Bonchev–Trinajstić information content (AvgIpc) is 2.70.